The number of para-hydroxylation sites is 1. The maximum Gasteiger partial charge on any atom is 0.279 e. The Morgan fingerprint density at radius 1 is 1.10 bits per heavy atom. The summed E-state index contributed by atoms with van der Waals surface area (Å²) in [7, 11) is 0. The number of rotatable bonds is 8. The molecule has 2 aromatic rings. The zero-order valence-electron chi connectivity index (χ0n) is 16.0. The van der Waals surface area contributed by atoms with Crippen molar-refractivity contribution in [1.29, 1.82) is 0 Å². The van der Waals surface area contributed by atoms with E-state index in [1.165, 1.54) is 31.2 Å². The van der Waals surface area contributed by atoms with Gasteiger partial charge in [0.25, 0.3) is 17.5 Å². The first kappa shape index (κ1) is 21.4. The molecule has 0 fully saturated rings. The van der Waals surface area contributed by atoms with Crippen molar-refractivity contribution in [3.63, 3.8) is 0 Å². The predicted octanol–water partition coefficient (Wildman–Crippen LogP) is 2.62. The van der Waals surface area contributed by atoms with Gasteiger partial charge in [-0.3, -0.25) is 30.6 Å². The minimum absolute atomic E-state index is 0.127. The number of nitrogens with one attached hydrogen (secondary N) is 2. The van der Waals surface area contributed by atoms with E-state index in [4.69, 9.17) is 9.47 Å². The summed E-state index contributed by atoms with van der Waals surface area (Å²) in [5.41, 5.74) is 4.58. The molecule has 9 nitrogen and oxygen atoms in total. The van der Waals surface area contributed by atoms with E-state index in [0.717, 1.165) is 6.08 Å². The van der Waals surface area contributed by atoms with Gasteiger partial charge in [-0.1, -0.05) is 12.1 Å². The number of amides is 2. The molecule has 29 heavy (non-hydrogen) atoms. The van der Waals surface area contributed by atoms with Crippen LogP contribution in [0, 0.1) is 10.1 Å². The van der Waals surface area contributed by atoms with E-state index in [2.05, 4.69) is 10.9 Å². The Morgan fingerprint density at radius 3 is 2.41 bits per heavy atom. The van der Waals surface area contributed by atoms with Crippen LogP contribution in [-0.4, -0.2) is 29.4 Å². The molecular weight excluding hydrogens is 378 g/mol. The molecule has 2 aromatic carbocycles. The van der Waals surface area contributed by atoms with Crippen molar-refractivity contribution in [2.24, 2.45) is 0 Å². The molecule has 2 N–H and O–H groups in total. The topological polar surface area (TPSA) is 120 Å². The summed E-state index contributed by atoms with van der Waals surface area (Å²) in [6.45, 7) is 3.95. The molecule has 0 radical (unpaired) electrons. The number of carbonyl (C=O) groups excluding carboxylic acids is 2. The normalized spacial score (nSPS) is 11.5. The van der Waals surface area contributed by atoms with E-state index >= 15 is 0 Å². The molecular formula is C20H21N3O6. The van der Waals surface area contributed by atoms with Crippen LogP contribution < -0.4 is 20.3 Å². The first-order valence-electron chi connectivity index (χ1n) is 8.81. The third-order valence-corrected chi connectivity index (χ3v) is 3.67. The lowest BCUT2D eigenvalue weighted by molar-refractivity contribution is -0.385. The number of carbonyl (C=O) groups is 2. The van der Waals surface area contributed by atoms with Gasteiger partial charge in [-0.05, 0) is 50.3 Å². The fourth-order valence-electron chi connectivity index (χ4n) is 2.27. The number of nitro benzene ring substituents is 1. The Morgan fingerprint density at radius 2 is 1.76 bits per heavy atom. The second-order valence-corrected chi connectivity index (χ2v) is 5.79. The molecule has 0 saturated carbocycles. The molecule has 2 rings (SSSR count). The van der Waals surface area contributed by atoms with E-state index in [9.17, 15) is 19.7 Å². The summed E-state index contributed by atoms with van der Waals surface area (Å²) in [4.78, 5) is 34.3. The van der Waals surface area contributed by atoms with Crippen molar-refractivity contribution in [1.82, 2.24) is 10.9 Å². The Balaban J connectivity index is 1.84. The number of hydrazine groups is 1. The highest BCUT2D eigenvalue weighted by molar-refractivity contribution is 5.94. The van der Waals surface area contributed by atoms with Crippen molar-refractivity contribution in [2.75, 3.05) is 6.61 Å². The second-order valence-electron chi connectivity index (χ2n) is 5.79. The Hall–Kier alpha value is -3.88. The summed E-state index contributed by atoms with van der Waals surface area (Å²) in [6.07, 6.45) is 1.51. The minimum atomic E-state index is -0.868. The number of hydrogen-bond acceptors (Lipinski definition) is 6. The highest BCUT2D eigenvalue weighted by Gasteiger charge is 2.15. The monoisotopic (exact) mass is 399 g/mol. The smallest absolute Gasteiger partial charge is 0.279 e. The summed E-state index contributed by atoms with van der Waals surface area (Å²) < 4.78 is 10.8. The van der Waals surface area contributed by atoms with Crippen LogP contribution in [0.15, 0.2) is 54.6 Å². The predicted molar refractivity (Wildman–Crippen MR) is 106 cm³/mol. The van der Waals surface area contributed by atoms with Crippen molar-refractivity contribution in [3.05, 3.63) is 70.3 Å². The molecule has 0 saturated heterocycles. The van der Waals surface area contributed by atoms with Gasteiger partial charge in [0.05, 0.1) is 17.1 Å². The zero-order chi connectivity index (χ0) is 21.2. The minimum Gasteiger partial charge on any atom is -0.494 e. The fourth-order valence-corrected chi connectivity index (χ4v) is 2.27. The molecule has 152 valence electrons. The van der Waals surface area contributed by atoms with Crippen LogP contribution >= 0.6 is 0 Å². The SMILES string of the molecule is CCOc1ccc(O[C@H](C)C(=O)NNC(=O)/C=C/c2ccccc2[N+](=O)[O-])cc1. The summed E-state index contributed by atoms with van der Waals surface area (Å²) >= 11 is 0. The van der Waals surface area contributed by atoms with Gasteiger partial charge < -0.3 is 9.47 Å². The Bertz CT molecular complexity index is 895. The van der Waals surface area contributed by atoms with Gasteiger partial charge in [0.1, 0.15) is 11.5 Å². The molecule has 0 spiro atoms. The number of benzene rings is 2. The lowest BCUT2D eigenvalue weighted by atomic mass is 10.1. The highest BCUT2D eigenvalue weighted by Crippen LogP contribution is 2.19. The van der Waals surface area contributed by atoms with Crippen LogP contribution in [0.1, 0.15) is 19.4 Å². The Kier molecular flexibility index (Phi) is 7.72. The molecule has 0 aromatic heterocycles. The molecule has 9 heteroatoms. The van der Waals surface area contributed by atoms with E-state index in [-0.39, 0.29) is 11.3 Å². The fraction of sp³-hybridized carbons (Fsp3) is 0.200. The quantitative estimate of drug-likeness (QED) is 0.400. The zero-order valence-corrected chi connectivity index (χ0v) is 16.0. The van der Waals surface area contributed by atoms with Gasteiger partial charge in [0.2, 0.25) is 0 Å². The van der Waals surface area contributed by atoms with Crippen LogP contribution in [0.25, 0.3) is 6.08 Å². The first-order chi connectivity index (χ1) is 13.9. The van der Waals surface area contributed by atoms with E-state index in [0.29, 0.717) is 18.1 Å². The van der Waals surface area contributed by atoms with Crippen molar-refractivity contribution in [2.45, 2.75) is 20.0 Å². The summed E-state index contributed by atoms with van der Waals surface area (Å²) in [5, 5.41) is 11.0. The summed E-state index contributed by atoms with van der Waals surface area (Å²) in [5.74, 6) is -0.0514. The van der Waals surface area contributed by atoms with Crippen LogP contribution in [0.4, 0.5) is 5.69 Å². The lowest BCUT2D eigenvalue weighted by Crippen LogP contribution is -2.46. The van der Waals surface area contributed by atoms with E-state index in [1.54, 1.807) is 30.3 Å². The second kappa shape index (κ2) is 10.5. The van der Waals surface area contributed by atoms with Gasteiger partial charge in [-0.15, -0.1) is 0 Å². The molecule has 0 aliphatic carbocycles. The van der Waals surface area contributed by atoms with Gasteiger partial charge in [-0.25, -0.2) is 0 Å². The molecule has 0 heterocycles. The number of nitrogens with zero attached hydrogens (tertiary/aromatic N) is 1. The maximum atomic E-state index is 12.1. The third kappa shape index (κ3) is 6.65. The van der Waals surface area contributed by atoms with Gasteiger partial charge >= 0.3 is 0 Å². The highest BCUT2D eigenvalue weighted by atomic mass is 16.6. The number of ether oxygens (including phenoxy) is 2. The molecule has 1 atom stereocenters. The molecule has 2 amide bonds. The number of hydrogen-bond donors (Lipinski definition) is 2. The average molecular weight is 399 g/mol. The van der Waals surface area contributed by atoms with E-state index in [1.807, 2.05) is 6.92 Å². The van der Waals surface area contributed by atoms with Crippen LogP contribution in [0.5, 0.6) is 11.5 Å². The van der Waals surface area contributed by atoms with Gasteiger partial charge in [0.15, 0.2) is 6.10 Å². The van der Waals surface area contributed by atoms with Gasteiger partial charge in [0, 0.05) is 12.1 Å². The number of nitro groups is 1. The maximum absolute atomic E-state index is 12.1. The lowest BCUT2D eigenvalue weighted by Gasteiger charge is -2.15. The van der Waals surface area contributed by atoms with Crippen LogP contribution in [-0.2, 0) is 9.59 Å². The first-order valence-corrected chi connectivity index (χ1v) is 8.81. The van der Waals surface area contributed by atoms with Crippen LogP contribution in [0.2, 0.25) is 0 Å². The standard InChI is InChI=1S/C20H21N3O6/c1-3-28-16-9-11-17(12-10-16)29-14(2)20(25)22-21-19(24)13-8-15-6-4-5-7-18(15)23(26)27/h4-14H,3H2,1-2H3,(H,21,24)(H,22,25)/b13-8+/t14-/m1/s1. The van der Waals surface area contributed by atoms with Crippen LogP contribution in [0.3, 0.4) is 0 Å². The van der Waals surface area contributed by atoms with Gasteiger partial charge in [-0.2, -0.15) is 0 Å². The molecule has 0 aliphatic heterocycles. The average Bonchev–Trinajstić information content (AvgIpc) is 2.72. The molecule has 0 bridgehead atoms. The van der Waals surface area contributed by atoms with E-state index < -0.39 is 22.8 Å². The van der Waals surface area contributed by atoms with Crippen molar-refractivity contribution >= 4 is 23.6 Å². The van der Waals surface area contributed by atoms with Crippen molar-refractivity contribution in [3.8, 4) is 11.5 Å². The Labute approximate surface area is 167 Å². The van der Waals surface area contributed by atoms with Crippen molar-refractivity contribution < 1.29 is 24.0 Å². The molecule has 0 aliphatic rings. The largest absolute Gasteiger partial charge is 0.494 e. The third-order valence-electron chi connectivity index (χ3n) is 3.67. The molecule has 0 unspecified atom stereocenters. The summed E-state index contributed by atoms with van der Waals surface area (Å²) in [6, 6.07) is 12.8.